The molecule has 0 fully saturated rings. The molecule has 0 saturated carbocycles. The molecule has 0 aromatic rings. The number of rotatable bonds is 21. The predicted molar refractivity (Wildman–Crippen MR) is 186 cm³/mol. The summed E-state index contributed by atoms with van der Waals surface area (Å²) in [4.78, 5) is 35.4. The molecule has 6 N–H and O–H groups in total. The molecule has 0 amide bonds. The average Bonchev–Trinajstić information content (AvgIpc) is 2.99. The molecule has 0 spiro atoms. The minimum absolute atomic E-state index is 0.155. The van der Waals surface area contributed by atoms with E-state index in [0.717, 1.165) is 19.3 Å². The van der Waals surface area contributed by atoms with E-state index in [9.17, 15) is 14.4 Å². The lowest BCUT2D eigenvalue weighted by molar-refractivity contribution is -0.162. The second-order valence-corrected chi connectivity index (χ2v) is 14.6. The minimum Gasteiger partial charge on any atom is -0.457 e. The molecule has 2 atom stereocenters. The molecule has 0 radical (unpaired) electrons. The van der Waals surface area contributed by atoms with Crippen molar-refractivity contribution in [3.8, 4) is 0 Å². The van der Waals surface area contributed by atoms with Crippen LogP contribution in [0.5, 0.6) is 0 Å². The Balaban J connectivity index is -0.000000634. The number of carbonyl (C=O) groups is 3. The molecule has 0 aliphatic rings. The van der Waals surface area contributed by atoms with Crippen molar-refractivity contribution in [2.45, 2.75) is 121 Å². The van der Waals surface area contributed by atoms with Crippen LogP contribution in [0, 0.1) is 53.3 Å². The Labute approximate surface area is 290 Å². The van der Waals surface area contributed by atoms with Crippen molar-refractivity contribution in [1.82, 2.24) is 0 Å². The van der Waals surface area contributed by atoms with Crippen LogP contribution < -0.4 is 0 Å². The van der Waals surface area contributed by atoms with Gasteiger partial charge in [-0.1, -0.05) is 89.5 Å². The van der Waals surface area contributed by atoms with Gasteiger partial charge in [0, 0.05) is 0 Å². The number of carbonyl (C=O) groups excluding carboxylic acids is 3. The van der Waals surface area contributed by atoms with Gasteiger partial charge < -0.3 is 44.8 Å². The maximum Gasteiger partial charge on any atom is 0.309 e. The van der Waals surface area contributed by atoms with E-state index in [1.807, 2.05) is 55.4 Å². The van der Waals surface area contributed by atoms with Crippen LogP contribution in [0.4, 0.5) is 0 Å². The van der Waals surface area contributed by atoms with Gasteiger partial charge in [0.25, 0.3) is 0 Å². The third kappa shape index (κ3) is 23.5. The highest BCUT2D eigenvalue weighted by Crippen LogP contribution is 2.24. The topological polar surface area (TPSA) is 200 Å². The maximum absolute atomic E-state index is 11.9. The van der Waals surface area contributed by atoms with E-state index in [1.54, 1.807) is 0 Å². The summed E-state index contributed by atoms with van der Waals surface area (Å²) in [6, 6.07) is 0. The Morgan fingerprint density at radius 2 is 0.729 bits per heavy atom. The normalized spacial score (nSPS) is 13.0. The summed E-state index contributed by atoms with van der Waals surface area (Å²) in [5.41, 5.74) is 0. The van der Waals surface area contributed by atoms with Gasteiger partial charge in [0.2, 0.25) is 0 Å². The zero-order chi connectivity index (χ0) is 38.1. The summed E-state index contributed by atoms with van der Waals surface area (Å²) in [7, 11) is 0. The van der Waals surface area contributed by atoms with E-state index in [0.29, 0.717) is 11.8 Å². The lowest BCUT2D eigenvalue weighted by Crippen LogP contribution is -2.33. The van der Waals surface area contributed by atoms with E-state index in [1.165, 1.54) is 0 Å². The molecule has 12 heteroatoms. The van der Waals surface area contributed by atoms with Crippen LogP contribution in [-0.4, -0.2) is 107 Å². The van der Waals surface area contributed by atoms with Gasteiger partial charge in [0.1, 0.15) is 18.3 Å². The molecule has 0 bridgehead atoms. The summed E-state index contributed by atoms with van der Waals surface area (Å²) >= 11 is 0. The van der Waals surface area contributed by atoms with Crippen molar-refractivity contribution < 1.29 is 59.2 Å². The first-order valence-corrected chi connectivity index (χ1v) is 17.5. The molecule has 0 rings (SSSR count). The molecule has 0 heterocycles. The van der Waals surface area contributed by atoms with E-state index in [4.69, 9.17) is 44.8 Å². The number of aliphatic hydroxyl groups is 6. The molecule has 0 aromatic carbocycles. The molecule has 48 heavy (non-hydrogen) atoms. The fourth-order valence-electron chi connectivity index (χ4n) is 4.84. The molecule has 0 aliphatic carbocycles. The summed E-state index contributed by atoms with van der Waals surface area (Å²) < 4.78 is 15.1. The van der Waals surface area contributed by atoms with Gasteiger partial charge in [-0.05, 0) is 48.3 Å². The van der Waals surface area contributed by atoms with Crippen LogP contribution >= 0.6 is 0 Å². The van der Waals surface area contributed by atoms with Crippen LogP contribution in [0.2, 0.25) is 0 Å². The first kappa shape index (κ1) is 50.5. The molecular weight excluding hydrogens is 624 g/mol. The molecule has 0 aliphatic heterocycles. The van der Waals surface area contributed by atoms with E-state index in [2.05, 4.69) is 27.7 Å². The zero-order valence-electron chi connectivity index (χ0n) is 31.9. The smallest absolute Gasteiger partial charge is 0.309 e. The van der Waals surface area contributed by atoms with Crippen molar-refractivity contribution in [3.05, 3.63) is 0 Å². The monoisotopic (exact) mass is 697 g/mol. The van der Waals surface area contributed by atoms with E-state index >= 15 is 0 Å². The lowest BCUT2D eigenvalue weighted by Gasteiger charge is -2.24. The van der Waals surface area contributed by atoms with Crippen molar-refractivity contribution in [1.29, 1.82) is 0 Å². The number of hydrogen-bond donors (Lipinski definition) is 6. The third-order valence-electron chi connectivity index (χ3n) is 7.77. The zero-order valence-corrected chi connectivity index (χ0v) is 31.9. The van der Waals surface area contributed by atoms with E-state index < -0.39 is 18.3 Å². The average molecular weight is 697 g/mol. The van der Waals surface area contributed by atoms with Crippen LogP contribution in [0.15, 0.2) is 0 Å². The fourth-order valence-corrected chi connectivity index (χ4v) is 4.84. The van der Waals surface area contributed by atoms with Crippen molar-refractivity contribution in [2.75, 3.05) is 39.6 Å². The molecule has 12 nitrogen and oxygen atoms in total. The Bertz CT molecular complexity index is 793. The Kier molecular flexibility index (Phi) is 30.5. The quantitative estimate of drug-likeness (QED) is 0.0754. The SMILES string of the molecule is CC(C)C(C(=O)OC(CO)CO)C(C)C.CC(C)CC(C(=O)OC(CO)CO)C(C)C.CC(C)CCC(C(=O)OC(CO)CO)C(C)C. The van der Waals surface area contributed by atoms with Crippen molar-refractivity contribution in [2.24, 2.45) is 53.3 Å². The largest absolute Gasteiger partial charge is 0.457 e. The predicted octanol–water partition coefficient (Wildman–Crippen LogP) is 3.60. The number of esters is 3. The molecule has 2 unspecified atom stereocenters. The molecule has 0 saturated heterocycles. The van der Waals surface area contributed by atoms with Gasteiger partial charge in [0.05, 0.1) is 57.4 Å². The Morgan fingerprint density at radius 1 is 0.417 bits per heavy atom. The van der Waals surface area contributed by atoms with Crippen LogP contribution in [-0.2, 0) is 28.6 Å². The van der Waals surface area contributed by atoms with Crippen LogP contribution in [0.25, 0.3) is 0 Å². The van der Waals surface area contributed by atoms with Gasteiger partial charge in [0.15, 0.2) is 0 Å². The van der Waals surface area contributed by atoms with Crippen LogP contribution in [0.3, 0.4) is 0 Å². The number of ether oxygens (including phenoxy) is 3. The number of hydrogen-bond acceptors (Lipinski definition) is 12. The fraction of sp³-hybridized carbons (Fsp3) is 0.917. The summed E-state index contributed by atoms with van der Waals surface area (Å²) in [6.07, 6.45) is 0.153. The van der Waals surface area contributed by atoms with Crippen LogP contribution in [0.1, 0.15) is 102 Å². The summed E-state index contributed by atoms with van der Waals surface area (Å²) in [5, 5.41) is 53.0. The van der Waals surface area contributed by atoms with Gasteiger partial charge >= 0.3 is 17.9 Å². The minimum atomic E-state index is -0.794. The highest BCUT2D eigenvalue weighted by Gasteiger charge is 2.29. The maximum atomic E-state index is 11.9. The van der Waals surface area contributed by atoms with Gasteiger partial charge in [-0.2, -0.15) is 0 Å². The first-order chi connectivity index (χ1) is 22.3. The van der Waals surface area contributed by atoms with E-state index in [-0.39, 0.29) is 99.0 Å². The second-order valence-electron chi connectivity index (χ2n) is 14.6. The van der Waals surface area contributed by atoms with Crippen molar-refractivity contribution >= 4 is 17.9 Å². The highest BCUT2D eigenvalue weighted by atomic mass is 16.6. The molecular formula is C36H72O12. The standard InChI is InChI=1S/C13H26O4.C12H24O4.C11H22O4/c1-9(2)5-6-12(10(3)4)13(16)17-11(7-14)8-15;1-8(2)5-11(9(3)4)12(15)16-10(6-13)7-14;1-7(2)10(8(3)4)11(14)15-9(5-12)6-13/h9-12,14-15H,5-8H2,1-4H3;8-11,13-14H,5-7H2,1-4H3;7-10,12-13H,5-6H2,1-4H3. The highest BCUT2D eigenvalue weighted by molar-refractivity contribution is 5.74. The third-order valence-corrected chi connectivity index (χ3v) is 7.77. The second kappa shape index (κ2) is 29.0. The summed E-state index contributed by atoms with van der Waals surface area (Å²) in [5.74, 6) is 0.276. The Hall–Kier alpha value is -1.83. The molecule has 0 aromatic heterocycles. The summed E-state index contributed by atoms with van der Waals surface area (Å²) in [6.45, 7) is 22.1. The number of aliphatic hydroxyl groups excluding tert-OH is 6. The van der Waals surface area contributed by atoms with Crippen molar-refractivity contribution in [3.63, 3.8) is 0 Å². The van der Waals surface area contributed by atoms with Gasteiger partial charge in [-0.25, -0.2) is 0 Å². The molecule has 288 valence electrons. The van der Waals surface area contributed by atoms with Gasteiger partial charge in [-0.3, -0.25) is 14.4 Å². The van der Waals surface area contributed by atoms with Gasteiger partial charge in [-0.15, -0.1) is 0 Å². The lowest BCUT2D eigenvalue weighted by atomic mass is 9.86. The Morgan fingerprint density at radius 3 is 0.979 bits per heavy atom. The first-order valence-electron chi connectivity index (χ1n) is 17.5.